The number of carbonyl (C=O) groups is 1. The topological polar surface area (TPSA) is 69.6 Å². The molecule has 0 aliphatic carbocycles. The molecule has 34 heavy (non-hydrogen) atoms. The molecular weight excluding hydrogens is 432 g/mol. The number of carbonyl (C=O) groups excluding carboxylic acids is 1. The van der Waals surface area contributed by atoms with E-state index in [0.29, 0.717) is 36.0 Å². The molecule has 7 heteroatoms. The van der Waals surface area contributed by atoms with Crippen molar-refractivity contribution in [2.24, 2.45) is 5.10 Å². The molecule has 3 aromatic rings. The number of amides is 1. The molecule has 0 saturated heterocycles. The highest BCUT2D eigenvalue weighted by atomic mass is 16.5. The predicted molar refractivity (Wildman–Crippen MR) is 132 cm³/mol. The summed E-state index contributed by atoms with van der Waals surface area (Å²) in [5, 5.41) is 5.83. The highest BCUT2D eigenvalue weighted by molar-refractivity contribution is 6.32. The van der Waals surface area contributed by atoms with Gasteiger partial charge in [-0.2, -0.15) is 10.1 Å². The molecule has 7 nitrogen and oxygen atoms in total. The molecular formula is C27H26N2O5. The molecule has 0 aromatic heterocycles. The summed E-state index contributed by atoms with van der Waals surface area (Å²) >= 11 is 0. The van der Waals surface area contributed by atoms with Gasteiger partial charge in [0.1, 0.15) is 24.7 Å². The van der Waals surface area contributed by atoms with Crippen LogP contribution in [-0.2, 0) is 4.79 Å². The van der Waals surface area contributed by atoms with Crippen molar-refractivity contribution in [1.29, 1.82) is 0 Å². The third-order valence-electron chi connectivity index (χ3n) is 5.23. The highest BCUT2D eigenvalue weighted by Gasteiger charge is 2.28. The quantitative estimate of drug-likeness (QED) is 0.335. The van der Waals surface area contributed by atoms with Gasteiger partial charge in [0.15, 0.2) is 11.5 Å². The Labute approximate surface area is 198 Å². The number of para-hydroxylation sites is 1. The summed E-state index contributed by atoms with van der Waals surface area (Å²) in [6.45, 7) is 2.55. The first-order valence-corrected chi connectivity index (χ1v) is 10.8. The lowest BCUT2D eigenvalue weighted by Gasteiger charge is -2.13. The van der Waals surface area contributed by atoms with E-state index in [1.54, 1.807) is 14.2 Å². The Hall–Kier alpha value is -4.26. The zero-order chi connectivity index (χ0) is 23.9. The number of hydrazone groups is 1. The maximum atomic E-state index is 12.9. The van der Waals surface area contributed by atoms with Crippen LogP contribution >= 0.6 is 0 Å². The van der Waals surface area contributed by atoms with Crippen LogP contribution in [0.25, 0.3) is 6.08 Å². The molecule has 0 bridgehead atoms. The summed E-state index contributed by atoms with van der Waals surface area (Å²) in [6.07, 6.45) is 1.81. The number of ether oxygens (including phenoxy) is 4. The average Bonchev–Trinajstić information content (AvgIpc) is 3.16. The van der Waals surface area contributed by atoms with Crippen LogP contribution in [0, 0.1) is 0 Å². The number of hydrogen-bond donors (Lipinski definition) is 0. The molecule has 0 unspecified atom stereocenters. The van der Waals surface area contributed by atoms with Crippen LogP contribution in [0.2, 0.25) is 0 Å². The first kappa shape index (κ1) is 22.9. The van der Waals surface area contributed by atoms with Crippen molar-refractivity contribution in [2.45, 2.75) is 6.92 Å². The fourth-order valence-electron chi connectivity index (χ4n) is 3.47. The number of benzene rings is 3. The lowest BCUT2D eigenvalue weighted by molar-refractivity contribution is -0.114. The Bertz CT molecular complexity index is 1200. The fraction of sp³-hybridized carbons (Fsp3) is 0.185. The van der Waals surface area contributed by atoms with Gasteiger partial charge in [0, 0.05) is 0 Å². The third-order valence-corrected chi connectivity index (χ3v) is 5.23. The van der Waals surface area contributed by atoms with Crippen LogP contribution in [0.3, 0.4) is 0 Å². The number of methoxy groups -OCH3 is 2. The summed E-state index contributed by atoms with van der Waals surface area (Å²) in [5.74, 6) is 2.51. The lowest BCUT2D eigenvalue weighted by atomic mass is 10.1. The van der Waals surface area contributed by atoms with E-state index in [0.717, 1.165) is 22.7 Å². The van der Waals surface area contributed by atoms with E-state index in [9.17, 15) is 4.79 Å². The number of rotatable bonds is 9. The summed E-state index contributed by atoms with van der Waals surface area (Å²) in [6, 6.07) is 22.3. The Morgan fingerprint density at radius 2 is 1.53 bits per heavy atom. The molecule has 1 aliphatic heterocycles. The van der Waals surface area contributed by atoms with E-state index in [-0.39, 0.29) is 5.91 Å². The molecule has 0 fully saturated rings. The van der Waals surface area contributed by atoms with Gasteiger partial charge >= 0.3 is 0 Å². The van der Waals surface area contributed by atoms with Gasteiger partial charge in [0.05, 0.1) is 31.2 Å². The van der Waals surface area contributed by atoms with Gasteiger partial charge in [-0.3, -0.25) is 4.79 Å². The fourth-order valence-corrected chi connectivity index (χ4v) is 3.47. The molecule has 1 amide bonds. The molecule has 174 valence electrons. The lowest BCUT2D eigenvalue weighted by Crippen LogP contribution is -2.21. The zero-order valence-electron chi connectivity index (χ0n) is 19.4. The minimum Gasteiger partial charge on any atom is -0.497 e. The summed E-state index contributed by atoms with van der Waals surface area (Å²) in [4.78, 5) is 12.9. The molecule has 4 rings (SSSR count). The van der Waals surface area contributed by atoms with Crippen LogP contribution in [0.5, 0.6) is 23.0 Å². The second kappa shape index (κ2) is 10.6. The second-order valence-electron chi connectivity index (χ2n) is 7.48. The monoisotopic (exact) mass is 458 g/mol. The van der Waals surface area contributed by atoms with Gasteiger partial charge < -0.3 is 18.9 Å². The van der Waals surface area contributed by atoms with Gasteiger partial charge in [-0.1, -0.05) is 24.3 Å². The van der Waals surface area contributed by atoms with Crippen molar-refractivity contribution in [3.05, 3.63) is 83.9 Å². The minimum absolute atomic E-state index is 0.168. The van der Waals surface area contributed by atoms with E-state index in [1.165, 1.54) is 5.01 Å². The first-order valence-electron chi connectivity index (χ1n) is 10.8. The van der Waals surface area contributed by atoms with Crippen LogP contribution in [0.4, 0.5) is 5.69 Å². The van der Waals surface area contributed by atoms with Crippen LogP contribution < -0.4 is 24.0 Å². The van der Waals surface area contributed by atoms with E-state index in [2.05, 4.69) is 5.10 Å². The van der Waals surface area contributed by atoms with E-state index < -0.39 is 0 Å². The van der Waals surface area contributed by atoms with Crippen molar-refractivity contribution < 1.29 is 23.7 Å². The maximum absolute atomic E-state index is 12.9. The minimum atomic E-state index is -0.168. The summed E-state index contributed by atoms with van der Waals surface area (Å²) in [5.41, 5.74) is 2.73. The van der Waals surface area contributed by atoms with Crippen molar-refractivity contribution in [3.63, 3.8) is 0 Å². The summed E-state index contributed by atoms with van der Waals surface area (Å²) < 4.78 is 22.2. The van der Waals surface area contributed by atoms with Gasteiger partial charge in [-0.05, 0) is 67.1 Å². The molecule has 0 N–H and O–H groups in total. The number of anilines is 1. The van der Waals surface area contributed by atoms with Gasteiger partial charge in [0.25, 0.3) is 5.91 Å². The number of nitrogens with zero attached hydrogens (tertiary/aromatic N) is 2. The SMILES string of the molecule is COc1ccc(OCCOc2ccc(/C=C3/C(=O)N(c4ccccc4)N=C3C)cc2OC)cc1. The van der Waals surface area contributed by atoms with Crippen LogP contribution in [-0.4, -0.2) is 39.1 Å². The molecule has 1 aliphatic rings. The average molecular weight is 459 g/mol. The smallest absolute Gasteiger partial charge is 0.280 e. The first-order chi connectivity index (χ1) is 16.6. The van der Waals surface area contributed by atoms with Gasteiger partial charge in [-0.25, -0.2) is 0 Å². The van der Waals surface area contributed by atoms with E-state index >= 15 is 0 Å². The molecule has 0 saturated carbocycles. The molecule has 0 atom stereocenters. The number of hydrogen-bond acceptors (Lipinski definition) is 6. The van der Waals surface area contributed by atoms with Crippen molar-refractivity contribution >= 4 is 23.4 Å². The van der Waals surface area contributed by atoms with Crippen molar-refractivity contribution in [3.8, 4) is 23.0 Å². The van der Waals surface area contributed by atoms with Crippen LogP contribution in [0.15, 0.2) is 83.5 Å². The molecule has 0 radical (unpaired) electrons. The standard InChI is InChI=1S/C27H26N2O5/c1-19-24(27(30)29(28-19)21-7-5-4-6-8-21)17-20-9-14-25(26(18-20)32-3)34-16-15-33-23-12-10-22(31-2)11-13-23/h4-14,17-18H,15-16H2,1-3H3/b24-17+. The van der Waals surface area contributed by atoms with Crippen molar-refractivity contribution in [2.75, 3.05) is 32.4 Å². The normalized spacial score (nSPS) is 14.2. The van der Waals surface area contributed by atoms with Gasteiger partial charge in [-0.15, -0.1) is 0 Å². The predicted octanol–water partition coefficient (Wildman–Crippen LogP) is 4.97. The summed E-state index contributed by atoms with van der Waals surface area (Å²) in [7, 11) is 3.20. The van der Waals surface area contributed by atoms with Crippen molar-refractivity contribution in [1.82, 2.24) is 0 Å². The molecule has 1 heterocycles. The van der Waals surface area contributed by atoms with Crippen LogP contribution in [0.1, 0.15) is 12.5 Å². The second-order valence-corrected chi connectivity index (χ2v) is 7.48. The third kappa shape index (κ3) is 5.20. The Morgan fingerprint density at radius 1 is 0.824 bits per heavy atom. The Kier molecular flexibility index (Phi) is 7.13. The highest BCUT2D eigenvalue weighted by Crippen LogP contribution is 2.30. The molecule has 0 spiro atoms. The van der Waals surface area contributed by atoms with Gasteiger partial charge in [0.2, 0.25) is 0 Å². The molecule has 3 aromatic carbocycles. The Balaban J connectivity index is 1.40. The maximum Gasteiger partial charge on any atom is 0.280 e. The van der Waals surface area contributed by atoms with E-state index in [4.69, 9.17) is 18.9 Å². The zero-order valence-corrected chi connectivity index (χ0v) is 19.4. The van der Waals surface area contributed by atoms with E-state index in [1.807, 2.05) is 85.8 Å². The Morgan fingerprint density at radius 3 is 2.24 bits per heavy atom. The largest absolute Gasteiger partial charge is 0.497 e.